The van der Waals surface area contributed by atoms with Crippen molar-refractivity contribution in [2.75, 3.05) is 0 Å². The molecule has 0 N–H and O–H groups in total. The maximum atomic E-state index is 2.29. The first kappa shape index (κ1) is 15.9. The second-order valence-corrected chi connectivity index (χ2v) is 7.79. The van der Waals surface area contributed by atoms with E-state index in [4.69, 9.17) is 0 Å². The molecule has 2 aromatic carbocycles. The lowest BCUT2D eigenvalue weighted by molar-refractivity contribution is -0.691. The quantitative estimate of drug-likeness (QED) is 0.491. The lowest BCUT2D eigenvalue weighted by atomic mass is 10.1. The van der Waals surface area contributed by atoms with E-state index in [1.807, 2.05) is 11.8 Å². The molecule has 1 heterocycles. The number of thioether (sulfide) groups is 1. The minimum absolute atomic E-state index is 0.0872. The van der Waals surface area contributed by atoms with E-state index in [-0.39, 0.29) is 10.9 Å². The van der Waals surface area contributed by atoms with Gasteiger partial charge in [0.25, 0.3) is 0 Å². The van der Waals surface area contributed by atoms with Gasteiger partial charge >= 0.3 is 0 Å². The van der Waals surface area contributed by atoms with Crippen molar-refractivity contribution < 1.29 is 4.57 Å². The Morgan fingerprint density at radius 1 is 0.913 bits per heavy atom. The second kappa shape index (κ2) is 6.63. The van der Waals surface area contributed by atoms with Crippen LogP contribution >= 0.6 is 11.8 Å². The zero-order valence-corrected chi connectivity index (χ0v) is 14.7. The van der Waals surface area contributed by atoms with Crippen LogP contribution in [0, 0.1) is 0 Å². The molecule has 1 unspecified atom stereocenters. The summed E-state index contributed by atoms with van der Waals surface area (Å²) < 4.78 is 4.55. The van der Waals surface area contributed by atoms with E-state index < -0.39 is 0 Å². The van der Waals surface area contributed by atoms with E-state index in [2.05, 4.69) is 109 Å². The molecule has 3 aromatic rings. The van der Waals surface area contributed by atoms with Crippen molar-refractivity contribution in [1.82, 2.24) is 4.57 Å². The molecule has 0 radical (unpaired) electrons. The van der Waals surface area contributed by atoms with Gasteiger partial charge in [0.05, 0.1) is 0 Å². The summed E-state index contributed by atoms with van der Waals surface area (Å²) in [7, 11) is 0. The number of hydrogen-bond acceptors (Lipinski definition) is 1. The van der Waals surface area contributed by atoms with Crippen LogP contribution in [0.25, 0.3) is 0 Å². The lowest BCUT2D eigenvalue weighted by Gasteiger charge is -2.16. The predicted octanol–water partition coefficient (Wildman–Crippen LogP) is 4.87. The monoisotopic (exact) mass is 323 g/mol. The molecule has 0 amide bonds. The second-order valence-electron chi connectivity index (χ2n) is 6.63. The van der Waals surface area contributed by atoms with E-state index in [0.29, 0.717) is 0 Å². The van der Waals surface area contributed by atoms with Gasteiger partial charge in [-0.15, -0.1) is 0 Å². The van der Waals surface area contributed by atoms with Gasteiger partial charge in [-0.2, -0.15) is 0 Å². The molecule has 0 fully saturated rings. The fraction of sp³-hybridized carbons (Fsp3) is 0.250. The molecular weight excluding hydrogens is 300 g/mol. The molecule has 0 bridgehead atoms. The summed E-state index contributed by atoms with van der Waals surface area (Å²) in [5, 5.41) is 0.224. The number of hydrogen-bond donors (Lipinski definition) is 0. The first-order valence-electron chi connectivity index (χ1n) is 7.90. The van der Waals surface area contributed by atoms with E-state index in [1.165, 1.54) is 10.5 Å². The molecule has 23 heavy (non-hydrogen) atoms. The number of nitrogens with zero attached hydrogens (tertiary/aromatic N) is 2. The Morgan fingerprint density at radius 2 is 1.52 bits per heavy atom. The third-order valence-electron chi connectivity index (χ3n) is 3.78. The Bertz CT molecular complexity index is 742. The maximum Gasteiger partial charge on any atom is 0.245 e. The summed E-state index contributed by atoms with van der Waals surface area (Å²) in [5.41, 5.74) is 1.39. The van der Waals surface area contributed by atoms with Crippen molar-refractivity contribution in [3.8, 4) is 0 Å². The lowest BCUT2D eigenvalue weighted by Crippen LogP contribution is -2.37. The van der Waals surface area contributed by atoms with Crippen LogP contribution < -0.4 is 4.57 Å². The highest BCUT2D eigenvalue weighted by molar-refractivity contribution is 7.99. The van der Waals surface area contributed by atoms with Crippen LogP contribution in [0.4, 0.5) is 0 Å². The predicted molar refractivity (Wildman–Crippen MR) is 96.5 cm³/mol. The first-order chi connectivity index (χ1) is 11.0. The molecule has 3 heteroatoms. The van der Waals surface area contributed by atoms with Crippen LogP contribution in [0.2, 0.25) is 0 Å². The standard InChI is InChI=1S/C20H23N2S/c1-20(2,3)22-15-14-21(16-22)19(17-10-6-4-7-11-17)23-18-12-8-5-9-13-18/h4-16,19H,1-3H3/q+1. The van der Waals surface area contributed by atoms with Crippen LogP contribution in [-0.2, 0) is 5.54 Å². The van der Waals surface area contributed by atoms with Crippen molar-refractivity contribution in [2.24, 2.45) is 0 Å². The Hall–Kier alpha value is -2.00. The van der Waals surface area contributed by atoms with Gasteiger partial charge in [0.2, 0.25) is 6.33 Å². The van der Waals surface area contributed by atoms with Gasteiger partial charge in [-0.1, -0.05) is 60.3 Å². The number of benzene rings is 2. The number of aromatic nitrogens is 2. The molecule has 0 aliphatic carbocycles. The zero-order valence-electron chi connectivity index (χ0n) is 13.9. The topological polar surface area (TPSA) is 8.81 Å². The highest BCUT2D eigenvalue weighted by Gasteiger charge is 2.24. The summed E-state index contributed by atoms with van der Waals surface area (Å²) in [4.78, 5) is 1.28. The highest BCUT2D eigenvalue weighted by Crippen LogP contribution is 2.32. The molecule has 2 nitrogen and oxygen atoms in total. The van der Waals surface area contributed by atoms with Crippen molar-refractivity contribution in [3.05, 3.63) is 84.9 Å². The van der Waals surface area contributed by atoms with Crippen molar-refractivity contribution >= 4 is 11.8 Å². The average Bonchev–Trinajstić information content (AvgIpc) is 3.04. The van der Waals surface area contributed by atoms with Gasteiger partial charge in [0.15, 0.2) is 5.37 Å². The summed E-state index contributed by atoms with van der Waals surface area (Å²) in [6.45, 7) is 6.66. The summed E-state index contributed by atoms with van der Waals surface area (Å²) in [6.07, 6.45) is 6.52. The van der Waals surface area contributed by atoms with Crippen LogP contribution in [0.3, 0.4) is 0 Å². The Balaban J connectivity index is 1.97. The first-order valence-corrected chi connectivity index (χ1v) is 8.78. The molecule has 0 saturated heterocycles. The molecule has 1 atom stereocenters. The van der Waals surface area contributed by atoms with Crippen LogP contribution in [-0.4, -0.2) is 4.57 Å². The van der Waals surface area contributed by atoms with Crippen molar-refractivity contribution in [1.29, 1.82) is 0 Å². The average molecular weight is 323 g/mol. The third kappa shape index (κ3) is 3.85. The van der Waals surface area contributed by atoms with Gasteiger partial charge in [-0.25, -0.2) is 9.13 Å². The van der Waals surface area contributed by atoms with Gasteiger partial charge in [0.1, 0.15) is 17.9 Å². The smallest absolute Gasteiger partial charge is 0.232 e. The molecule has 118 valence electrons. The SMILES string of the molecule is CC(C)(C)n1cc[n+](C(Sc2ccccc2)c2ccccc2)c1. The van der Waals surface area contributed by atoms with Gasteiger partial charge in [-0.05, 0) is 32.9 Å². The highest BCUT2D eigenvalue weighted by atomic mass is 32.2. The molecule has 3 rings (SSSR count). The third-order valence-corrected chi connectivity index (χ3v) is 5.06. The van der Waals surface area contributed by atoms with Gasteiger partial charge in [-0.3, -0.25) is 0 Å². The summed E-state index contributed by atoms with van der Waals surface area (Å²) in [6, 6.07) is 21.3. The molecule has 0 aliphatic rings. The largest absolute Gasteiger partial charge is 0.245 e. The van der Waals surface area contributed by atoms with Crippen LogP contribution in [0.5, 0.6) is 0 Å². The van der Waals surface area contributed by atoms with Crippen LogP contribution in [0.1, 0.15) is 31.7 Å². The molecule has 0 spiro atoms. The normalized spacial score (nSPS) is 13.0. The van der Waals surface area contributed by atoms with E-state index in [9.17, 15) is 0 Å². The fourth-order valence-corrected chi connectivity index (χ4v) is 3.56. The fourth-order valence-electron chi connectivity index (χ4n) is 2.45. The molecule has 1 aromatic heterocycles. The number of rotatable bonds is 4. The summed E-state index contributed by atoms with van der Waals surface area (Å²) in [5.74, 6) is 0. The Labute approximate surface area is 142 Å². The minimum Gasteiger partial charge on any atom is -0.232 e. The van der Waals surface area contributed by atoms with Crippen LogP contribution in [0.15, 0.2) is 84.3 Å². The Kier molecular flexibility index (Phi) is 4.58. The molecule has 0 saturated carbocycles. The zero-order chi connectivity index (χ0) is 16.3. The van der Waals surface area contributed by atoms with Crippen molar-refractivity contribution in [2.45, 2.75) is 36.6 Å². The molecular formula is C20H23N2S+. The van der Waals surface area contributed by atoms with Crippen molar-refractivity contribution in [3.63, 3.8) is 0 Å². The van der Waals surface area contributed by atoms with Gasteiger partial charge in [0, 0.05) is 10.5 Å². The molecule has 0 aliphatic heterocycles. The summed E-state index contributed by atoms with van der Waals surface area (Å²) >= 11 is 1.87. The van der Waals surface area contributed by atoms with Gasteiger partial charge < -0.3 is 0 Å². The number of imidazole rings is 1. The Morgan fingerprint density at radius 3 is 2.09 bits per heavy atom. The minimum atomic E-state index is 0.0872. The van der Waals surface area contributed by atoms with E-state index >= 15 is 0 Å². The van der Waals surface area contributed by atoms with E-state index in [1.54, 1.807) is 0 Å². The van der Waals surface area contributed by atoms with E-state index in [0.717, 1.165) is 0 Å². The maximum absolute atomic E-state index is 2.29.